The molecule has 2 aliphatic rings. The van der Waals surface area contributed by atoms with Crippen LogP contribution in [0.4, 0.5) is 11.4 Å². The summed E-state index contributed by atoms with van der Waals surface area (Å²) in [4.78, 5) is 24.5. The fourth-order valence-corrected chi connectivity index (χ4v) is 5.35. The van der Waals surface area contributed by atoms with Crippen LogP contribution in [0, 0.1) is 30.6 Å². The lowest BCUT2D eigenvalue weighted by atomic mass is 9.82. The summed E-state index contributed by atoms with van der Waals surface area (Å²) in [6, 6.07) is 12.8. The summed E-state index contributed by atoms with van der Waals surface area (Å²) in [6.07, 6.45) is 4.51. The first-order chi connectivity index (χ1) is 14.2. The number of rotatable bonds is 6. The second-order valence-electron chi connectivity index (χ2n) is 7.82. The second-order valence-corrected chi connectivity index (χ2v) is 9.51. The fraction of sp³-hybridized carbons (Fsp3) is 0.273. The number of nitrogens with one attached hydrogen (secondary N) is 2. The predicted molar refractivity (Wildman–Crippen MR) is 112 cm³/mol. The molecule has 1 fully saturated rings. The van der Waals surface area contributed by atoms with E-state index in [-0.39, 0.29) is 22.6 Å². The average molecular weight is 426 g/mol. The first kappa shape index (κ1) is 20.2. The van der Waals surface area contributed by atoms with Gasteiger partial charge < -0.3 is 10.4 Å². The average Bonchev–Trinajstić information content (AvgIpc) is 3.31. The van der Waals surface area contributed by atoms with Gasteiger partial charge in [0.2, 0.25) is 5.91 Å². The van der Waals surface area contributed by atoms with E-state index >= 15 is 0 Å². The van der Waals surface area contributed by atoms with Gasteiger partial charge in [-0.2, -0.15) is 0 Å². The van der Waals surface area contributed by atoms with Crippen LogP contribution in [0.25, 0.3) is 0 Å². The Morgan fingerprint density at radius 1 is 0.900 bits per heavy atom. The van der Waals surface area contributed by atoms with E-state index < -0.39 is 27.8 Å². The monoisotopic (exact) mass is 426 g/mol. The van der Waals surface area contributed by atoms with Crippen molar-refractivity contribution in [1.29, 1.82) is 0 Å². The van der Waals surface area contributed by atoms with E-state index in [9.17, 15) is 23.1 Å². The molecule has 2 aromatic rings. The number of carbonyl (C=O) groups is 2. The lowest BCUT2D eigenvalue weighted by molar-refractivity contribution is -0.146. The zero-order valence-electron chi connectivity index (χ0n) is 16.3. The van der Waals surface area contributed by atoms with Gasteiger partial charge in [0.05, 0.1) is 16.7 Å². The Morgan fingerprint density at radius 2 is 1.47 bits per heavy atom. The Balaban J connectivity index is 1.44. The van der Waals surface area contributed by atoms with Crippen molar-refractivity contribution in [2.45, 2.75) is 18.2 Å². The Labute approximate surface area is 174 Å². The number of hydrogen-bond acceptors (Lipinski definition) is 4. The fourth-order valence-electron chi connectivity index (χ4n) is 4.30. The highest BCUT2D eigenvalue weighted by atomic mass is 32.2. The summed E-state index contributed by atoms with van der Waals surface area (Å²) in [6.45, 7) is 1.88. The van der Waals surface area contributed by atoms with Gasteiger partial charge in [0, 0.05) is 11.4 Å². The molecular weight excluding hydrogens is 404 g/mol. The number of aliphatic carboxylic acids is 1. The molecule has 0 heterocycles. The summed E-state index contributed by atoms with van der Waals surface area (Å²) >= 11 is 0. The molecule has 4 atom stereocenters. The third-order valence-electron chi connectivity index (χ3n) is 5.78. The van der Waals surface area contributed by atoms with Crippen molar-refractivity contribution in [2.24, 2.45) is 23.7 Å². The number of allylic oxidation sites excluding steroid dienone is 2. The van der Waals surface area contributed by atoms with E-state index in [1.54, 1.807) is 36.4 Å². The lowest BCUT2D eigenvalue weighted by Gasteiger charge is -2.23. The zero-order chi connectivity index (χ0) is 21.5. The molecule has 1 saturated carbocycles. The van der Waals surface area contributed by atoms with Gasteiger partial charge in [0.25, 0.3) is 10.0 Å². The molecule has 8 heteroatoms. The van der Waals surface area contributed by atoms with Crippen molar-refractivity contribution < 1.29 is 23.1 Å². The zero-order valence-corrected chi connectivity index (χ0v) is 17.1. The molecule has 4 rings (SSSR count). The Hall–Kier alpha value is -3.13. The molecule has 0 saturated heterocycles. The molecule has 7 nitrogen and oxygen atoms in total. The second kappa shape index (κ2) is 7.60. The summed E-state index contributed by atoms with van der Waals surface area (Å²) in [5, 5.41) is 12.3. The van der Waals surface area contributed by atoms with Gasteiger partial charge in [-0.25, -0.2) is 8.42 Å². The Kier molecular flexibility index (Phi) is 5.11. The molecule has 30 heavy (non-hydrogen) atoms. The van der Waals surface area contributed by atoms with Crippen molar-refractivity contribution in [1.82, 2.24) is 0 Å². The number of carbonyl (C=O) groups excluding carboxylic acids is 1. The van der Waals surface area contributed by atoms with E-state index in [1.807, 2.05) is 19.1 Å². The molecule has 0 aromatic heterocycles. The first-order valence-electron chi connectivity index (χ1n) is 9.66. The van der Waals surface area contributed by atoms with Crippen LogP contribution < -0.4 is 10.0 Å². The van der Waals surface area contributed by atoms with Crippen molar-refractivity contribution in [2.75, 3.05) is 10.0 Å². The predicted octanol–water partition coefficient (Wildman–Crippen LogP) is 3.26. The van der Waals surface area contributed by atoms with Crippen LogP contribution in [-0.4, -0.2) is 25.4 Å². The van der Waals surface area contributed by atoms with Crippen LogP contribution in [0.15, 0.2) is 65.6 Å². The summed E-state index contributed by atoms with van der Waals surface area (Å²) in [5.41, 5.74) is 1.80. The van der Waals surface area contributed by atoms with Gasteiger partial charge in [-0.15, -0.1) is 0 Å². The number of amides is 1. The van der Waals surface area contributed by atoms with Crippen molar-refractivity contribution >= 4 is 33.3 Å². The first-order valence-corrected chi connectivity index (χ1v) is 11.1. The topological polar surface area (TPSA) is 113 Å². The standard InChI is InChI=1S/C22H22N2O5S/c1-13-2-10-18(11-3-13)30(28,29)24-17-8-6-16(7-9-17)23-21(25)19-14-4-5-15(12-14)20(19)22(26)27/h2-11,14-15,19-20,24H,12H2,1H3,(H,23,25)(H,26,27)/t14-,15-,19+,20-/m0/s1. The van der Waals surface area contributed by atoms with Crippen molar-refractivity contribution in [3.05, 3.63) is 66.2 Å². The Morgan fingerprint density at radius 3 is 2.07 bits per heavy atom. The van der Waals surface area contributed by atoms with Crippen LogP contribution in [0.3, 0.4) is 0 Å². The molecule has 0 radical (unpaired) electrons. The number of benzene rings is 2. The van der Waals surface area contributed by atoms with Gasteiger partial charge in [-0.3, -0.25) is 14.3 Å². The number of aryl methyl sites for hydroxylation is 1. The van der Waals surface area contributed by atoms with E-state index in [1.165, 1.54) is 12.1 Å². The van der Waals surface area contributed by atoms with Crippen LogP contribution in [0.1, 0.15) is 12.0 Å². The van der Waals surface area contributed by atoms with Crippen LogP contribution >= 0.6 is 0 Å². The maximum Gasteiger partial charge on any atom is 0.307 e. The van der Waals surface area contributed by atoms with E-state index in [4.69, 9.17) is 0 Å². The van der Waals surface area contributed by atoms with E-state index in [0.29, 0.717) is 17.8 Å². The minimum atomic E-state index is -3.71. The molecule has 2 bridgehead atoms. The highest BCUT2D eigenvalue weighted by Crippen LogP contribution is 2.48. The quantitative estimate of drug-likeness (QED) is 0.614. The summed E-state index contributed by atoms with van der Waals surface area (Å²) < 4.78 is 27.5. The minimum absolute atomic E-state index is 0.0586. The minimum Gasteiger partial charge on any atom is -0.481 e. The largest absolute Gasteiger partial charge is 0.481 e. The third kappa shape index (κ3) is 3.82. The lowest BCUT2D eigenvalue weighted by Crippen LogP contribution is -2.36. The highest BCUT2D eigenvalue weighted by molar-refractivity contribution is 7.92. The van der Waals surface area contributed by atoms with E-state index in [2.05, 4.69) is 10.0 Å². The number of anilines is 2. The van der Waals surface area contributed by atoms with Crippen molar-refractivity contribution in [3.63, 3.8) is 0 Å². The number of carboxylic acids is 1. The molecule has 2 aliphatic carbocycles. The van der Waals surface area contributed by atoms with Crippen LogP contribution in [0.5, 0.6) is 0 Å². The van der Waals surface area contributed by atoms with E-state index in [0.717, 1.165) is 5.56 Å². The van der Waals surface area contributed by atoms with Crippen LogP contribution in [0.2, 0.25) is 0 Å². The summed E-state index contributed by atoms with van der Waals surface area (Å²) in [7, 11) is -3.71. The maximum atomic E-state index is 12.7. The Bertz CT molecular complexity index is 1110. The van der Waals surface area contributed by atoms with Gasteiger partial charge in [0.15, 0.2) is 0 Å². The van der Waals surface area contributed by atoms with Crippen molar-refractivity contribution in [3.8, 4) is 0 Å². The molecule has 1 amide bonds. The molecule has 156 valence electrons. The molecule has 2 aromatic carbocycles. The third-order valence-corrected chi connectivity index (χ3v) is 7.18. The van der Waals surface area contributed by atoms with Crippen LogP contribution in [-0.2, 0) is 19.6 Å². The summed E-state index contributed by atoms with van der Waals surface area (Å²) in [5.74, 6) is -2.74. The number of hydrogen-bond donors (Lipinski definition) is 3. The van der Waals surface area contributed by atoms with Gasteiger partial charge in [0.1, 0.15) is 0 Å². The number of sulfonamides is 1. The normalized spacial score (nSPS) is 24.6. The highest BCUT2D eigenvalue weighted by Gasteiger charge is 2.51. The van der Waals surface area contributed by atoms with Gasteiger partial charge in [-0.1, -0.05) is 29.8 Å². The molecule has 0 aliphatic heterocycles. The van der Waals surface area contributed by atoms with Gasteiger partial charge >= 0.3 is 5.97 Å². The number of carboxylic acid groups (broad SMARTS) is 1. The maximum absolute atomic E-state index is 12.7. The van der Waals surface area contributed by atoms with Gasteiger partial charge in [-0.05, 0) is 61.6 Å². The number of fused-ring (bicyclic) bond motifs is 2. The molecule has 0 spiro atoms. The molecule has 0 unspecified atom stereocenters. The molecule has 3 N–H and O–H groups in total. The SMILES string of the molecule is Cc1ccc(S(=O)(=O)Nc2ccc(NC(=O)[C@H]3[C@@H](C(=O)O)[C@H]4C=C[C@H]3C4)cc2)cc1. The molecular formula is C22H22N2O5S. The smallest absolute Gasteiger partial charge is 0.307 e.